The first kappa shape index (κ1) is 29.5. The molecule has 6 N–H and O–H groups in total. The third-order valence-corrected chi connectivity index (χ3v) is 9.04. The molecule has 6 unspecified atom stereocenters. The van der Waals surface area contributed by atoms with Gasteiger partial charge in [-0.2, -0.15) is 0 Å². The second-order valence-electron chi connectivity index (χ2n) is 12.0. The highest BCUT2D eigenvalue weighted by molar-refractivity contribution is 5.72. The van der Waals surface area contributed by atoms with Crippen LogP contribution < -0.4 is 0 Å². The van der Waals surface area contributed by atoms with E-state index in [0.29, 0.717) is 6.42 Å². The van der Waals surface area contributed by atoms with Crippen LogP contribution in [0.15, 0.2) is 0 Å². The molecule has 5 fully saturated rings. The second kappa shape index (κ2) is 11.7. The van der Waals surface area contributed by atoms with Crippen molar-refractivity contribution in [1.29, 1.82) is 0 Å². The lowest BCUT2D eigenvalue weighted by molar-refractivity contribution is -0.356. The maximum absolute atomic E-state index is 12.0. The van der Waals surface area contributed by atoms with Crippen molar-refractivity contribution in [2.45, 2.75) is 132 Å². The molecule has 5 rings (SSSR count). The van der Waals surface area contributed by atoms with Crippen LogP contribution in [0.2, 0.25) is 0 Å². The molecule has 0 bridgehead atoms. The Kier molecular flexibility index (Phi) is 8.87. The maximum atomic E-state index is 12.0. The molecule has 3 saturated heterocycles. The molecule has 13 heteroatoms. The van der Waals surface area contributed by atoms with Crippen molar-refractivity contribution in [2.24, 2.45) is 11.3 Å². The number of carboxylic acids is 1. The smallest absolute Gasteiger partial charge is 0.332 e. The lowest BCUT2D eigenvalue weighted by Crippen LogP contribution is -2.64. The number of hydrogen-bond donors (Lipinski definition) is 6. The molecule has 0 radical (unpaired) electrons. The van der Waals surface area contributed by atoms with E-state index in [1.54, 1.807) is 6.92 Å². The van der Waals surface area contributed by atoms with Gasteiger partial charge >= 0.3 is 5.97 Å². The summed E-state index contributed by atoms with van der Waals surface area (Å²) in [6, 6.07) is 0. The molecule has 0 aromatic rings. The van der Waals surface area contributed by atoms with E-state index >= 15 is 0 Å². The number of aliphatic carboxylic acids is 1. The average Bonchev–Trinajstić information content (AvgIpc) is 3.66. The number of fused-ring (bicyclic) bond motifs is 1. The van der Waals surface area contributed by atoms with E-state index in [9.17, 15) is 35.4 Å². The van der Waals surface area contributed by atoms with Crippen molar-refractivity contribution in [3.8, 4) is 0 Å². The van der Waals surface area contributed by atoms with Gasteiger partial charge < -0.3 is 59.1 Å². The Balaban J connectivity index is 1.35. The Morgan fingerprint density at radius 2 is 1.64 bits per heavy atom. The molecule has 5 aliphatic rings. The van der Waals surface area contributed by atoms with Gasteiger partial charge in [-0.25, -0.2) is 4.79 Å². The largest absolute Gasteiger partial charge is 0.479 e. The van der Waals surface area contributed by atoms with Gasteiger partial charge in [0.2, 0.25) is 0 Å². The van der Waals surface area contributed by atoms with Gasteiger partial charge in [-0.3, -0.25) is 0 Å². The van der Waals surface area contributed by atoms with Gasteiger partial charge in [-0.15, -0.1) is 0 Å². The van der Waals surface area contributed by atoms with Crippen molar-refractivity contribution < 1.29 is 63.9 Å². The lowest BCUT2D eigenvalue weighted by Gasteiger charge is -2.48. The van der Waals surface area contributed by atoms with E-state index in [1.165, 1.54) is 0 Å². The third kappa shape index (κ3) is 6.00. The van der Waals surface area contributed by atoms with Crippen LogP contribution in [-0.2, 0) is 33.2 Å². The Bertz CT molecular complexity index is 854. The molecule has 0 amide bonds. The fourth-order valence-corrected chi connectivity index (χ4v) is 6.27. The van der Waals surface area contributed by atoms with Crippen LogP contribution in [0.5, 0.6) is 0 Å². The van der Waals surface area contributed by atoms with Gasteiger partial charge in [0.1, 0.15) is 42.7 Å². The second-order valence-corrected chi connectivity index (χ2v) is 12.0. The number of hydrogen-bond acceptors (Lipinski definition) is 12. The highest BCUT2D eigenvalue weighted by Crippen LogP contribution is 2.52. The fourth-order valence-electron chi connectivity index (χ4n) is 6.27. The molecular formula is C26H42O13. The van der Waals surface area contributed by atoms with Gasteiger partial charge in [0.25, 0.3) is 0 Å². The van der Waals surface area contributed by atoms with Gasteiger partial charge in [-0.1, -0.05) is 13.3 Å². The Morgan fingerprint density at radius 1 is 0.897 bits per heavy atom. The maximum Gasteiger partial charge on any atom is 0.332 e. The summed E-state index contributed by atoms with van der Waals surface area (Å²) in [5.41, 5.74) is -0.307. The molecular weight excluding hydrogens is 520 g/mol. The number of carbonyl (C=O) groups is 1. The molecule has 13 nitrogen and oxygen atoms in total. The van der Waals surface area contributed by atoms with E-state index in [0.717, 1.165) is 25.7 Å². The van der Waals surface area contributed by atoms with Crippen LogP contribution >= 0.6 is 0 Å². The molecule has 3 heterocycles. The number of rotatable bonds is 6. The summed E-state index contributed by atoms with van der Waals surface area (Å²) in [4.78, 5) is 12.0. The van der Waals surface area contributed by atoms with E-state index in [1.807, 2.05) is 6.92 Å². The first-order valence-corrected chi connectivity index (χ1v) is 14.0. The Morgan fingerprint density at radius 3 is 2.31 bits per heavy atom. The molecule has 0 aromatic carbocycles. The Hall–Kier alpha value is -0.970. The van der Waals surface area contributed by atoms with Crippen LogP contribution in [0.1, 0.15) is 52.4 Å². The predicted octanol–water partition coefficient (Wildman–Crippen LogP) is -1.11. The van der Waals surface area contributed by atoms with E-state index in [4.69, 9.17) is 28.4 Å². The minimum absolute atomic E-state index is 0.0295. The summed E-state index contributed by atoms with van der Waals surface area (Å²) in [6.07, 6.45) is -9.99. The van der Waals surface area contributed by atoms with Gasteiger partial charge in [0.05, 0.1) is 31.5 Å². The molecule has 1 spiro atoms. The quantitative estimate of drug-likeness (QED) is 0.228. The predicted molar refractivity (Wildman–Crippen MR) is 129 cm³/mol. The summed E-state index contributed by atoms with van der Waals surface area (Å²) in [5, 5.41) is 61.4. The molecule has 0 aromatic heterocycles. The minimum Gasteiger partial charge on any atom is -0.479 e. The first-order valence-electron chi connectivity index (χ1n) is 14.0. The van der Waals surface area contributed by atoms with E-state index in [2.05, 4.69) is 0 Å². The topological polar surface area (TPSA) is 194 Å². The minimum atomic E-state index is -1.47. The van der Waals surface area contributed by atoms with E-state index in [-0.39, 0.29) is 24.4 Å². The zero-order valence-corrected chi connectivity index (χ0v) is 22.3. The summed E-state index contributed by atoms with van der Waals surface area (Å²) >= 11 is 0. The summed E-state index contributed by atoms with van der Waals surface area (Å²) in [7, 11) is 0. The average molecular weight is 563 g/mol. The van der Waals surface area contributed by atoms with Gasteiger partial charge in [-0.05, 0) is 50.4 Å². The number of aliphatic hydroxyl groups is 5. The third-order valence-electron chi connectivity index (χ3n) is 9.04. The van der Waals surface area contributed by atoms with Crippen LogP contribution in [0.25, 0.3) is 0 Å². The molecule has 2 saturated carbocycles. The van der Waals surface area contributed by atoms with Crippen LogP contribution in [0, 0.1) is 11.3 Å². The number of carboxylic acid groups (broad SMARTS) is 1. The zero-order chi connectivity index (χ0) is 28.1. The van der Waals surface area contributed by atoms with Crippen molar-refractivity contribution in [1.82, 2.24) is 0 Å². The highest BCUT2D eigenvalue weighted by Gasteiger charge is 2.56. The summed E-state index contributed by atoms with van der Waals surface area (Å²) < 4.78 is 36.4. The van der Waals surface area contributed by atoms with Crippen molar-refractivity contribution in [3.63, 3.8) is 0 Å². The molecule has 3 aliphatic heterocycles. The van der Waals surface area contributed by atoms with Gasteiger partial charge in [0, 0.05) is 0 Å². The number of aliphatic hydroxyl groups excluding tert-OH is 5. The summed E-state index contributed by atoms with van der Waals surface area (Å²) in [6.45, 7) is 3.27. The van der Waals surface area contributed by atoms with E-state index < -0.39 is 92.3 Å². The molecule has 14 atom stereocenters. The van der Waals surface area contributed by atoms with Crippen LogP contribution in [0.4, 0.5) is 0 Å². The van der Waals surface area contributed by atoms with Gasteiger partial charge in [0.15, 0.2) is 18.7 Å². The molecule has 2 aliphatic carbocycles. The highest BCUT2D eigenvalue weighted by atomic mass is 16.7. The number of ether oxygens (including phenoxy) is 6. The van der Waals surface area contributed by atoms with Crippen LogP contribution in [0.3, 0.4) is 0 Å². The zero-order valence-electron chi connectivity index (χ0n) is 22.3. The lowest BCUT2D eigenvalue weighted by atomic mass is 9.85. The van der Waals surface area contributed by atoms with Crippen molar-refractivity contribution in [3.05, 3.63) is 0 Å². The first-order chi connectivity index (χ1) is 18.5. The molecule has 224 valence electrons. The SMILES string of the molecule is CC1CCC[C@@H](O[C@@H]2O[C@@H](CO)[C@H](O)C3O[C@@H](C(=O)O)CC4(CC4)COC32)C1O[C@@H]1OC(C)[C@@H](O)C(O)[C@@H]1O. The summed E-state index contributed by atoms with van der Waals surface area (Å²) in [5.74, 6) is -1.15. The van der Waals surface area contributed by atoms with Crippen molar-refractivity contribution >= 4 is 5.97 Å². The standard InChI is InChI=1S/C26H42O13/c1-11-4-3-5-13(20(11)39-24-19(31)18(30)16(28)12(2)35-24)37-25-22-21(17(29)15(9-27)38-25)36-14(23(32)33)8-26(6-7-26)10-34-22/h11-22,24-25,27-31H,3-10H2,1-2H3,(H,32,33)/t11?,12?,13-,14-,15+,16-,17+,18?,19+,20?,21?,22?,24+,25-/m1/s1. The van der Waals surface area contributed by atoms with Crippen molar-refractivity contribution in [2.75, 3.05) is 13.2 Å². The van der Waals surface area contributed by atoms with Crippen LogP contribution in [-0.4, -0.2) is 130 Å². The normalized spacial score (nSPS) is 50.0. The Labute approximate surface area is 226 Å². The molecule has 39 heavy (non-hydrogen) atoms. The monoisotopic (exact) mass is 562 g/mol. The fraction of sp³-hybridized carbons (Fsp3) is 0.962.